The average Bonchev–Trinajstić information content (AvgIpc) is 2.49. The molecule has 21 heavy (non-hydrogen) atoms. The quantitative estimate of drug-likeness (QED) is 0.932. The number of hydrogen-bond donors (Lipinski definition) is 1. The van der Waals surface area contributed by atoms with E-state index in [0.29, 0.717) is 12.3 Å². The Morgan fingerprint density at radius 1 is 1.38 bits per heavy atom. The maximum atomic E-state index is 12.8. The van der Waals surface area contributed by atoms with E-state index < -0.39 is 11.2 Å². The molecule has 1 atom stereocenters. The van der Waals surface area contributed by atoms with Gasteiger partial charge in [-0.3, -0.25) is 9.59 Å². The van der Waals surface area contributed by atoms with Crippen LogP contribution in [0.4, 0.5) is 5.69 Å². The van der Waals surface area contributed by atoms with E-state index in [4.69, 9.17) is 5.11 Å². The molecule has 5 heteroatoms. The molecular formula is C16H21NO3S. The third-order valence-electron chi connectivity index (χ3n) is 3.26. The Hall–Kier alpha value is -1.49. The van der Waals surface area contributed by atoms with Gasteiger partial charge in [0.15, 0.2) is 0 Å². The SMILES string of the molecule is CC(C)(C)CN1C(=O)C(CC(=O)O)SCc2ccccc21. The molecule has 1 amide bonds. The standard InChI is InChI=1S/C16H21NO3S/c1-16(2,3)10-17-12-7-5-4-6-11(12)9-21-13(15(17)20)8-14(18)19/h4-7,13H,8-10H2,1-3H3,(H,18,19). The van der Waals surface area contributed by atoms with Crippen LogP contribution < -0.4 is 4.90 Å². The molecule has 1 heterocycles. The fraction of sp³-hybridized carbons (Fsp3) is 0.500. The maximum Gasteiger partial charge on any atom is 0.305 e. The highest BCUT2D eigenvalue weighted by atomic mass is 32.2. The first-order valence-electron chi connectivity index (χ1n) is 7.00. The summed E-state index contributed by atoms with van der Waals surface area (Å²) < 4.78 is 0. The lowest BCUT2D eigenvalue weighted by Gasteiger charge is -2.31. The number of anilines is 1. The van der Waals surface area contributed by atoms with Gasteiger partial charge in [-0.1, -0.05) is 39.0 Å². The monoisotopic (exact) mass is 307 g/mol. The smallest absolute Gasteiger partial charge is 0.305 e. The molecule has 1 N–H and O–H groups in total. The summed E-state index contributed by atoms with van der Waals surface area (Å²) in [7, 11) is 0. The van der Waals surface area contributed by atoms with Gasteiger partial charge in [0, 0.05) is 18.0 Å². The van der Waals surface area contributed by atoms with Crippen LogP contribution in [-0.4, -0.2) is 28.8 Å². The predicted octanol–water partition coefficient (Wildman–Crippen LogP) is 3.16. The summed E-state index contributed by atoms with van der Waals surface area (Å²) in [6, 6.07) is 7.83. The minimum absolute atomic E-state index is 0.0500. The summed E-state index contributed by atoms with van der Waals surface area (Å²) in [5.41, 5.74) is 1.96. The maximum absolute atomic E-state index is 12.8. The van der Waals surface area contributed by atoms with Crippen LogP contribution in [0.2, 0.25) is 0 Å². The minimum Gasteiger partial charge on any atom is -0.481 e. The average molecular weight is 307 g/mol. The zero-order valence-electron chi connectivity index (χ0n) is 12.6. The number of hydrogen-bond acceptors (Lipinski definition) is 3. The normalized spacial score (nSPS) is 19.1. The number of carboxylic acid groups (broad SMARTS) is 1. The summed E-state index contributed by atoms with van der Waals surface area (Å²) >= 11 is 1.42. The lowest BCUT2D eigenvalue weighted by Crippen LogP contribution is -2.42. The fourth-order valence-corrected chi connectivity index (χ4v) is 3.55. The summed E-state index contributed by atoms with van der Waals surface area (Å²) in [6.45, 7) is 6.81. The molecular weight excluding hydrogens is 286 g/mol. The molecule has 1 aromatic rings. The topological polar surface area (TPSA) is 57.6 Å². The van der Waals surface area contributed by atoms with Crippen molar-refractivity contribution < 1.29 is 14.7 Å². The van der Waals surface area contributed by atoms with Crippen molar-refractivity contribution in [2.45, 2.75) is 38.2 Å². The Balaban J connectivity index is 2.38. The van der Waals surface area contributed by atoms with Crippen LogP contribution >= 0.6 is 11.8 Å². The van der Waals surface area contributed by atoms with E-state index in [9.17, 15) is 9.59 Å². The number of rotatable bonds is 3. The molecule has 2 rings (SSSR count). The Bertz CT molecular complexity index is 551. The van der Waals surface area contributed by atoms with E-state index >= 15 is 0 Å². The van der Waals surface area contributed by atoms with Crippen LogP contribution in [-0.2, 0) is 15.3 Å². The summed E-state index contributed by atoms with van der Waals surface area (Å²) in [6.07, 6.45) is -0.127. The van der Waals surface area contributed by atoms with Gasteiger partial charge in [-0.25, -0.2) is 0 Å². The minimum atomic E-state index is -0.928. The summed E-state index contributed by atoms with van der Waals surface area (Å²) in [5, 5.41) is 8.51. The van der Waals surface area contributed by atoms with Gasteiger partial charge >= 0.3 is 5.97 Å². The first kappa shape index (κ1) is 15.9. The van der Waals surface area contributed by atoms with E-state index in [2.05, 4.69) is 20.8 Å². The molecule has 114 valence electrons. The molecule has 0 spiro atoms. The number of nitrogens with zero attached hydrogens (tertiary/aromatic N) is 1. The second-order valence-corrected chi connectivity index (χ2v) is 7.70. The number of thioether (sulfide) groups is 1. The van der Waals surface area contributed by atoms with Crippen LogP contribution in [0.15, 0.2) is 24.3 Å². The summed E-state index contributed by atoms with van der Waals surface area (Å²) in [5.74, 6) is -0.356. The zero-order chi connectivity index (χ0) is 15.6. The molecule has 0 saturated carbocycles. The Morgan fingerprint density at radius 2 is 2.05 bits per heavy atom. The third-order valence-corrected chi connectivity index (χ3v) is 4.50. The van der Waals surface area contributed by atoms with Crippen molar-refractivity contribution in [3.05, 3.63) is 29.8 Å². The lowest BCUT2D eigenvalue weighted by atomic mass is 9.95. The Kier molecular flexibility index (Phi) is 4.61. The number of benzene rings is 1. The number of aliphatic carboxylic acids is 1. The first-order valence-corrected chi connectivity index (χ1v) is 8.05. The number of fused-ring (bicyclic) bond motifs is 1. The van der Waals surface area contributed by atoms with Crippen LogP contribution in [0.5, 0.6) is 0 Å². The van der Waals surface area contributed by atoms with Crippen molar-refractivity contribution in [3.8, 4) is 0 Å². The van der Waals surface area contributed by atoms with E-state index in [-0.39, 0.29) is 17.7 Å². The number of carbonyl (C=O) groups is 2. The molecule has 0 aromatic heterocycles. The highest BCUT2D eigenvalue weighted by Crippen LogP contribution is 2.35. The van der Waals surface area contributed by atoms with E-state index in [0.717, 1.165) is 11.3 Å². The third kappa shape index (κ3) is 4.00. The van der Waals surface area contributed by atoms with Crippen molar-refractivity contribution in [2.75, 3.05) is 11.4 Å². The predicted molar refractivity (Wildman–Crippen MR) is 85.6 cm³/mol. The van der Waals surface area contributed by atoms with Crippen molar-refractivity contribution in [1.82, 2.24) is 0 Å². The largest absolute Gasteiger partial charge is 0.481 e. The molecule has 4 nitrogen and oxygen atoms in total. The fourth-order valence-electron chi connectivity index (χ4n) is 2.39. The molecule has 0 radical (unpaired) electrons. The molecule has 1 aliphatic rings. The molecule has 1 unspecified atom stereocenters. The Morgan fingerprint density at radius 3 is 2.67 bits per heavy atom. The number of carbonyl (C=O) groups excluding carboxylic acids is 1. The molecule has 0 saturated heterocycles. The van der Waals surface area contributed by atoms with Gasteiger partial charge in [-0.05, 0) is 17.0 Å². The van der Waals surface area contributed by atoms with Crippen LogP contribution in [0.3, 0.4) is 0 Å². The van der Waals surface area contributed by atoms with Crippen LogP contribution in [0.25, 0.3) is 0 Å². The molecule has 1 aliphatic heterocycles. The van der Waals surface area contributed by atoms with Crippen molar-refractivity contribution in [2.24, 2.45) is 5.41 Å². The van der Waals surface area contributed by atoms with E-state index in [1.54, 1.807) is 4.90 Å². The Labute approximate surface area is 129 Å². The van der Waals surface area contributed by atoms with Crippen molar-refractivity contribution in [1.29, 1.82) is 0 Å². The van der Waals surface area contributed by atoms with Gasteiger partial charge in [-0.2, -0.15) is 0 Å². The van der Waals surface area contributed by atoms with Gasteiger partial charge in [0.05, 0.1) is 11.7 Å². The molecule has 1 aromatic carbocycles. The van der Waals surface area contributed by atoms with Crippen molar-refractivity contribution >= 4 is 29.3 Å². The molecule has 0 aliphatic carbocycles. The lowest BCUT2D eigenvalue weighted by molar-refractivity contribution is -0.138. The number of amides is 1. The van der Waals surface area contributed by atoms with Crippen LogP contribution in [0, 0.1) is 5.41 Å². The second kappa shape index (κ2) is 6.10. The molecule has 0 fully saturated rings. The van der Waals surface area contributed by atoms with E-state index in [1.807, 2.05) is 24.3 Å². The van der Waals surface area contributed by atoms with Gasteiger partial charge in [0.2, 0.25) is 5.91 Å². The van der Waals surface area contributed by atoms with Crippen LogP contribution in [0.1, 0.15) is 32.8 Å². The van der Waals surface area contributed by atoms with Gasteiger partial charge in [0.25, 0.3) is 0 Å². The van der Waals surface area contributed by atoms with E-state index in [1.165, 1.54) is 11.8 Å². The number of carboxylic acids is 1. The zero-order valence-corrected chi connectivity index (χ0v) is 13.4. The van der Waals surface area contributed by atoms with Gasteiger partial charge in [0.1, 0.15) is 0 Å². The highest BCUT2D eigenvalue weighted by molar-refractivity contribution is 7.99. The molecule has 0 bridgehead atoms. The first-order chi connectivity index (χ1) is 9.78. The summed E-state index contributed by atoms with van der Waals surface area (Å²) in [4.78, 5) is 25.5. The van der Waals surface area contributed by atoms with Gasteiger partial charge < -0.3 is 10.0 Å². The van der Waals surface area contributed by atoms with Crippen molar-refractivity contribution in [3.63, 3.8) is 0 Å². The highest BCUT2D eigenvalue weighted by Gasteiger charge is 2.34. The number of para-hydroxylation sites is 1. The second-order valence-electron chi connectivity index (χ2n) is 6.51. The van der Waals surface area contributed by atoms with Gasteiger partial charge in [-0.15, -0.1) is 11.8 Å².